The van der Waals surface area contributed by atoms with Crippen LogP contribution >= 0.6 is 11.8 Å². The van der Waals surface area contributed by atoms with Crippen molar-refractivity contribution in [1.82, 2.24) is 51.2 Å². The Kier molecular flexibility index (Phi) is 36.0. The van der Waals surface area contributed by atoms with E-state index in [9.17, 15) is 76.3 Å². The molecule has 8 N–H and O–H groups in total. The summed E-state index contributed by atoms with van der Waals surface area (Å²) < 4.78 is 43.2. The smallest absolute Gasteiger partial charge is 0.410 e. The zero-order chi connectivity index (χ0) is 84.6. The van der Waals surface area contributed by atoms with Crippen LogP contribution in [-0.2, 0) is 87.9 Å². The number of halogens is 1. The van der Waals surface area contributed by atoms with Crippen molar-refractivity contribution < 1.29 is 105 Å². The topological polar surface area (TPSA) is 426 Å². The lowest BCUT2D eigenvalue weighted by Crippen LogP contribution is -2.60. The first-order chi connectivity index (χ1) is 53.9. The Hall–Kier alpha value is -9.35. The van der Waals surface area contributed by atoms with E-state index in [1.807, 2.05) is 13.8 Å². The van der Waals surface area contributed by atoms with Gasteiger partial charge in [-0.2, -0.15) is 0 Å². The number of hydroxylamine groups is 2. The van der Waals surface area contributed by atoms with Gasteiger partial charge < -0.3 is 76.0 Å². The molecule has 35 heteroatoms. The van der Waals surface area contributed by atoms with E-state index >= 15 is 0 Å². The van der Waals surface area contributed by atoms with Crippen molar-refractivity contribution in [2.24, 2.45) is 40.7 Å². The molecule has 2 unspecified atom stereocenters. The number of likely N-dealkylation sites (N-methyl/N-ethyl adjacent to an activating group) is 2. The molecule has 2 aromatic rings. The molecule has 1 saturated carbocycles. The van der Waals surface area contributed by atoms with Crippen molar-refractivity contribution in [3.8, 4) is 5.75 Å². The maximum atomic E-state index is 14.9. The molecule has 3 heterocycles. The van der Waals surface area contributed by atoms with Gasteiger partial charge in [0.05, 0.1) is 73.6 Å². The predicted molar refractivity (Wildman–Crippen MR) is 416 cm³/mol. The highest BCUT2D eigenvalue weighted by Crippen LogP contribution is 2.52. The monoisotopic (exact) mass is 1620 g/mol. The Morgan fingerprint density at radius 1 is 0.737 bits per heavy atom. The lowest BCUT2D eigenvalue weighted by Gasteiger charge is -2.41. The van der Waals surface area contributed by atoms with E-state index in [-0.39, 0.29) is 113 Å². The maximum Gasteiger partial charge on any atom is 0.410 e. The maximum absolute atomic E-state index is 14.9. The molecule has 0 radical (unpaired) electrons. The van der Waals surface area contributed by atoms with Crippen molar-refractivity contribution in [3.05, 3.63) is 59.4 Å². The molecule has 632 valence electrons. The van der Waals surface area contributed by atoms with Gasteiger partial charge in [-0.05, 0) is 104 Å². The molecule has 114 heavy (non-hydrogen) atoms. The van der Waals surface area contributed by atoms with Crippen LogP contribution in [0, 0.1) is 40.8 Å². The number of hydrogen-bond donors (Lipinski definition) is 7. The second-order valence-corrected chi connectivity index (χ2v) is 32.2. The third-order valence-electron chi connectivity index (χ3n) is 21.5. The number of anilines is 1. The second-order valence-electron chi connectivity index (χ2n) is 31.0. The molecule has 0 bridgehead atoms. The fourth-order valence-corrected chi connectivity index (χ4v) is 15.9. The zero-order valence-electron chi connectivity index (χ0n) is 68.2. The first kappa shape index (κ1) is 93.5. The second kappa shape index (κ2) is 43.9. The normalized spacial score (nSPS) is 18.9. The number of thioether (sulfide) groups is 1. The molecule has 14 amide bonds. The van der Waals surface area contributed by atoms with Crippen LogP contribution in [0.15, 0.2) is 42.5 Å². The number of Topliss-reactive ketones (excluding diaryl/α,β-unsaturated/α-hetero) is 1. The highest BCUT2D eigenvalue weighted by atomic mass is 32.2. The van der Waals surface area contributed by atoms with Crippen molar-refractivity contribution in [2.75, 3.05) is 79.8 Å². The van der Waals surface area contributed by atoms with Gasteiger partial charge in [-0.1, -0.05) is 87.3 Å². The van der Waals surface area contributed by atoms with Crippen molar-refractivity contribution in [2.45, 2.75) is 225 Å². The number of primary amides is 1. The number of nitrogens with zero attached hydrogens (tertiary/aromatic N) is 5. The van der Waals surface area contributed by atoms with Gasteiger partial charge in [-0.25, -0.2) is 18.8 Å². The molecule has 6 rings (SSSR count). The summed E-state index contributed by atoms with van der Waals surface area (Å²) in [5, 5.41) is 16.2. The standard InChI is InChI=1S/C79H117FN12O21S/c1-16-47(8)69(58(110-14)37-63(97)91-41-52(109-13)36-56(91)70(111-15)48(9)71(100)83-40-57(93)53-28-27-51(108-12)35-54(53)80)88(10)76(105)67(45(4)5)87-74(103)68(46(6)7)89(11)78(107)112-42-49-23-25-50(26-24-49)84-72(101)55(21-20-33-82-77(81)106)85-73(102)66(44(2)3)86-60(94)22-18-17-19-34-90-64(98)38-59(75(90)104)114-43-79(31-32-79)39-65(99)113-92-61(95)29-30-62(92)96/h23-28,35,44-48,52,55-56,58-59,66-70H,16-22,29-34,36-43H2,1-15H3,(H,83,100)(H,84,101)(H,85,102)(H,86,94)(H,87,103)(H3,81,82,106)/t47-,48+,52+,55-,56-,58+,59?,66-,67-,68-,69?,70+/m0/s1. The molecule has 33 nitrogen and oxygen atoms in total. The molecule has 4 aliphatic rings. The minimum absolute atomic E-state index is 0.0000383. The molecule has 0 aromatic heterocycles. The van der Waals surface area contributed by atoms with E-state index in [1.165, 1.54) is 69.2 Å². The summed E-state index contributed by atoms with van der Waals surface area (Å²) in [6.45, 7) is 15.5. The molecular formula is C79H117FN12O21S. The van der Waals surface area contributed by atoms with E-state index in [4.69, 9.17) is 34.3 Å². The number of urea groups is 1. The third kappa shape index (κ3) is 26.1. The number of nitrogens with one attached hydrogen (secondary N) is 6. The number of hydrogen-bond acceptors (Lipinski definition) is 22. The number of carbonyl (C=O) groups excluding carboxylic acids is 15. The van der Waals surface area contributed by atoms with E-state index in [2.05, 4.69) is 31.9 Å². The van der Waals surface area contributed by atoms with Gasteiger partial charge in [0.1, 0.15) is 42.3 Å². The van der Waals surface area contributed by atoms with Gasteiger partial charge in [0, 0.05) is 98.2 Å². The summed E-state index contributed by atoms with van der Waals surface area (Å²) in [7, 11) is 8.72. The summed E-state index contributed by atoms with van der Waals surface area (Å²) in [6, 6.07) is 3.35. The first-order valence-corrected chi connectivity index (χ1v) is 40.0. The molecule has 0 spiro atoms. The van der Waals surface area contributed by atoms with E-state index in [1.54, 1.807) is 84.7 Å². The van der Waals surface area contributed by atoms with E-state index in [0.29, 0.717) is 67.0 Å². The summed E-state index contributed by atoms with van der Waals surface area (Å²) in [5.74, 6) is -9.74. The highest BCUT2D eigenvalue weighted by Gasteiger charge is 2.50. The lowest BCUT2D eigenvalue weighted by atomic mass is 9.89. The van der Waals surface area contributed by atoms with Crippen molar-refractivity contribution in [1.29, 1.82) is 0 Å². The number of rotatable bonds is 46. The average Bonchev–Trinajstić information content (AvgIpc) is 1.62. The van der Waals surface area contributed by atoms with Crippen LogP contribution in [0.4, 0.5) is 19.7 Å². The van der Waals surface area contributed by atoms with Gasteiger partial charge in [0.2, 0.25) is 53.2 Å². The summed E-state index contributed by atoms with van der Waals surface area (Å²) in [4.78, 5) is 211. The number of carbonyl (C=O) groups is 15. The molecular weight excluding hydrogens is 1500 g/mol. The van der Waals surface area contributed by atoms with Crippen LogP contribution in [0.1, 0.15) is 175 Å². The number of nitrogens with two attached hydrogens (primary N) is 1. The van der Waals surface area contributed by atoms with Gasteiger partial charge >= 0.3 is 18.1 Å². The number of unbranched alkanes of at least 4 members (excludes halogenated alkanes) is 2. The Balaban J connectivity index is 0.992. The van der Waals surface area contributed by atoms with Crippen LogP contribution in [0.2, 0.25) is 0 Å². The Morgan fingerprint density at radius 2 is 1.40 bits per heavy atom. The van der Waals surface area contributed by atoms with E-state index < -0.39 is 172 Å². The lowest BCUT2D eigenvalue weighted by molar-refractivity contribution is -0.198. The molecule has 12 atom stereocenters. The van der Waals surface area contributed by atoms with Gasteiger partial charge in [-0.15, -0.1) is 16.8 Å². The SMILES string of the molecule is CC[C@H](C)C([C@@H](CC(=O)N1C[C@H](OC)C[C@H]1[C@H](OC)[C@@H](C)C(=O)NCC(=O)c1ccc(OC)cc1F)OC)N(C)C(=O)[C@@H](NC(=O)[C@H](C(C)C)N(C)C(=O)OCc1ccc(NC(=O)[C@H](CCCNC(N)=O)NC(=O)[C@@H](NC(=O)CCCCCN2C(=O)CC(SCC3(CC(=O)ON4C(=O)CCC4=O)CC3)C2=O)C(C)C)cc1)C(C)C. The van der Waals surface area contributed by atoms with Crippen LogP contribution in [0.25, 0.3) is 0 Å². The van der Waals surface area contributed by atoms with Crippen molar-refractivity contribution >= 4 is 106 Å². The first-order valence-electron chi connectivity index (χ1n) is 39.0. The number of amides is 14. The van der Waals surface area contributed by atoms with Gasteiger partial charge in [0.15, 0.2) is 5.78 Å². The number of likely N-dealkylation sites (tertiary alicyclic amines) is 2. The zero-order valence-corrected chi connectivity index (χ0v) is 69.0. The Morgan fingerprint density at radius 3 is 1.98 bits per heavy atom. The van der Waals surface area contributed by atoms with Gasteiger partial charge in [-0.3, -0.25) is 67.3 Å². The molecule has 3 aliphatic heterocycles. The molecule has 3 saturated heterocycles. The third-order valence-corrected chi connectivity index (χ3v) is 23.1. The largest absolute Gasteiger partial charge is 0.497 e. The van der Waals surface area contributed by atoms with Crippen LogP contribution in [-0.4, -0.2) is 248 Å². The van der Waals surface area contributed by atoms with Gasteiger partial charge in [0.25, 0.3) is 11.8 Å². The van der Waals surface area contributed by atoms with Crippen LogP contribution in [0.5, 0.6) is 5.75 Å². The minimum atomic E-state index is -1.17. The fourth-order valence-electron chi connectivity index (χ4n) is 14.4. The number of ether oxygens (including phenoxy) is 5. The van der Waals surface area contributed by atoms with Crippen molar-refractivity contribution in [3.63, 3.8) is 0 Å². The number of methoxy groups -OCH3 is 4. The summed E-state index contributed by atoms with van der Waals surface area (Å²) >= 11 is 1.29. The molecule has 1 aliphatic carbocycles. The molecule has 2 aromatic carbocycles. The number of imide groups is 2. The van der Waals surface area contributed by atoms with Crippen LogP contribution < -0.4 is 42.4 Å². The average molecular weight is 1620 g/mol. The number of ketones is 1. The Bertz CT molecular complexity index is 3740. The number of benzene rings is 2. The Labute approximate surface area is 670 Å². The summed E-state index contributed by atoms with van der Waals surface area (Å²) in [6.07, 6.45) is 0.359. The quantitative estimate of drug-likeness (QED) is 0.0250. The minimum Gasteiger partial charge on any atom is -0.497 e. The van der Waals surface area contributed by atoms with E-state index in [0.717, 1.165) is 11.0 Å². The fraction of sp³-hybridized carbons (Fsp3) is 0.658. The summed E-state index contributed by atoms with van der Waals surface area (Å²) in [5.41, 5.74) is 5.38. The predicted octanol–water partition coefficient (Wildman–Crippen LogP) is 5.32. The molecule has 4 fully saturated rings. The highest BCUT2D eigenvalue weighted by molar-refractivity contribution is 8.00. The van der Waals surface area contributed by atoms with Crippen LogP contribution in [0.3, 0.4) is 0 Å².